The van der Waals surface area contributed by atoms with Crippen LogP contribution in [0, 0.1) is 0 Å². The van der Waals surface area contributed by atoms with Gasteiger partial charge in [-0.2, -0.15) is 0 Å². The second-order valence-electron chi connectivity index (χ2n) is 4.34. The Kier molecular flexibility index (Phi) is 5.28. The Balaban J connectivity index is 2.44. The first kappa shape index (κ1) is 14.9. The number of nitrogens with one attached hydrogen (secondary N) is 2. The Hall–Kier alpha value is -2.12. The third kappa shape index (κ3) is 4.94. The zero-order valence-corrected chi connectivity index (χ0v) is 10.2. The van der Waals surface area contributed by atoms with Gasteiger partial charge in [-0.05, 0) is 19.3 Å². The molecule has 106 valence electrons. The van der Waals surface area contributed by atoms with E-state index in [9.17, 15) is 19.2 Å². The molecule has 0 aromatic rings. The van der Waals surface area contributed by atoms with Gasteiger partial charge in [0.05, 0.1) is 0 Å². The van der Waals surface area contributed by atoms with Crippen molar-refractivity contribution in [1.29, 1.82) is 0 Å². The van der Waals surface area contributed by atoms with E-state index in [1.807, 2.05) is 0 Å². The minimum Gasteiger partial charge on any atom is -0.481 e. The van der Waals surface area contributed by atoms with Crippen molar-refractivity contribution in [2.45, 2.75) is 44.2 Å². The summed E-state index contributed by atoms with van der Waals surface area (Å²) >= 11 is 0. The van der Waals surface area contributed by atoms with Crippen LogP contribution in [0.4, 0.5) is 0 Å². The molecule has 19 heavy (non-hydrogen) atoms. The molecule has 1 saturated heterocycles. The highest BCUT2D eigenvalue weighted by Crippen LogP contribution is 2.08. The Morgan fingerprint density at radius 3 is 2.53 bits per heavy atom. The number of carboxylic acid groups (broad SMARTS) is 2. The lowest BCUT2D eigenvalue weighted by molar-refractivity contribution is -0.143. The third-order valence-electron chi connectivity index (χ3n) is 2.81. The van der Waals surface area contributed by atoms with E-state index in [2.05, 4.69) is 10.6 Å². The van der Waals surface area contributed by atoms with Gasteiger partial charge in [0.15, 0.2) is 0 Å². The van der Waals surface area contributed by atoms with Crippen LogP contribution in [0.15, 0.2) is 0 Å². The molecule has 1 rings (SSSR count). The summed E-state index contributed by atoms with van der Waals surface area (Å²) in [4.78, 5) is 43.9. The lowest BCUT2D eigenvalue weighted by Crippen LogP contribution is -2.48. The van der Waals surface area contributed by atoms with E-state index in [0.29, 0.717) is 6.42 Å². The van der Waals surface area contributed by atoms with Crippen molar-refractivity contribution in [3.8, 4) is 0 Å². The fourth-order valence-electron chi connectivity index (χ4n) is 1.80. The van der Waals surface area contributed by atoms with Crippen LogP contribution in [-0.2, 0) is 19.2 Å². The highest BCUT2D eigenvalue weighted by Gasteiger charge is 2.30. The van der Waals surface area contributed by atoms with Gasteiger partial charge in [0.1, 0.15) is 12.1 Å². The van der Waals surface area contributed by atoms with E-state index >= 15 is 0 Å². The molecule has 0 saturated carbocycles. The molecule has 0 spiro atoms. The van der Waals surface area contributed by atoms with Crippen molar-refractivity contribution in [1.82, 2.24) is 10.6 Å². The molecule has 1 unspecified atom stereocenters. The quantitative estimate of drug-likeness (QED) is 0.474. The van der Waals surface area contributed by atoms with Crippen molar-refractivity contribution in [2.24, 2.45) is 0 Å². The van der Waals surface area contributed by atoms with Gasteiger partial charge in [0, 0.05) is 12.8 Å². The molecular weight excluding hydrogens is 256 g/mol. The summed E-state index contributed by atoms with van der Waals surface area (Å²) in [5, 5.41) is 22.1. The highest BCUT2D eigenvalue weighted by molar-refractivity contribution is 5.92. The van der Waals surface area contributed by atoms with Crippen molar-refractivity contribution >= 4 is 23.8 Å². The van der Waals surface area contributed by atoms with Gasteiger partial charge < -0.3 is 20.8 Å². The second kappa shape index (κ2) is 6.72. The van der Waals surface area contributed by atoms with Gasteiger partial charge in [-0.1, -0.05) is 0 Å². The van der Waals surface area contributed by atoms with Crippen LogP contribution in [-0.4, -0.2) is 46.0 Å². The van der Waals surface area contributed by atoms with Gasteiger partial charge in [-0.3, -0.25) is 14.4 Å². The number of rotatable bonds is 7. The lowest BCUT2D eigenvalue weighted by atomic mass is 10.1. The van der Waals surface area contributed by atoms with Crippen LogP contribution in [0.25, 0.3) is 0 Å². The van der Waals surface area contributed by atoms with Crippen molar-refractivity contribution in [3.63, 3.8) is 0 Å². The maximum Gasteiger partial charge on any atom is 0.326 e. The summed E-state index contributed by atoms with van der Waals surface area (Å²) in [5.41, 5.74) is 0. The van der Waals surface area contributed by atoms with E-state index in [0.717, 1.165) is 0 Å². The molecule has 1 aliphatic rings. The maximum absolute atomic E-state index is 11.7. The van der Waals surface area contributed by atoms with Gasteiger partial charge in [-0.15, -0.1) is 0 Å². The molecule has 8 nitrogen and oxygen atoms in total. The summed E-state index contributed by atoms with van der Waals surface area (Å²) in [6, 6.07) is -1.84. The third-order valence-corrected chi connectivity index (χ3v) is 2.81. The normalized spacial score (nSPS) is 19.6. The van der Waals surface area contributed by atoms with Crippen molar-refractivity contribution < 1.29 is 29.4 Å². The van der Waals surface area contributed by atoms with Crippen LogP contribution >= 0.6 is 0 Å². The topological polar surface area (TPSA) is 133 Å². The monoisotopic (exact) mass is 272 g/mol. The molecule has 4 N–H and O–H groups in total. The van der Waals surface area contributed by atoms with Crippen LogP contribution in [0.5, 0.6) is 0 Å². The number of carbonyl (C=O) groups excluding carboxylic acids is 2. The van der Waals surface area contributed by atoms with Crippen LogP contribution in [0.1, 0.15) is 32.1 Å². The predicted octanol–water partition coefficient (Wildman–Crippen LogP) is -0.911. The van der Waals surface area contributed by atoms with E-state index in [1.54, 1.807) is 0 Å². The summed E-state index contributed by atoms with van der Waals surface area (Å²) in [6.07, 6.45) is 0.623. The SMILES string of the molecule is O=C(O)CCC[C@@H](NC(=O)C1CCC(=O)N1)C(=O)O. The molecule has 0 radical (unpaired) electrons. The number of carboxylic acids is 2. The minimum absolute atomic E-state index is 0.0358. The van der Waals surface area contributed by atoms with Gasteiger partial charge in [-0.25, -0.2) is 4.79 Å². The molecule has 0 aromatic carbocycles. The smallest absolute Gasteiger partial charge is 0.326 e. The van der Waals surface area contributed by atoms with Gasteiger partial charge in [0.25, 0.3) is 0 Å². The molecule has 8 heteroatoms. The standard InChI is InChI=1S/C11H16N2O6/c14-8-5-4-6(12-8)10(17)13-7(11(18)19)2-1-3-9(15)16/h6-7H,1-5H2,(H,12,14)(H,13,17)(H,15,16)(H,18,19)/t6?,7-/m1/s1. The number of aliphatic carboxylic acids is 2. The largest absolute Gasteiger partial charge is 0.481 e. The second-order valence-corrected chi connectivity index (χ2v) is 4.34. The van der Waals surface area contributed by atoms with Crippen LogP contribution in [0.3, 0.4) is 0 Å². The first-order valence-electron chi connectivity index (χ1n) is 5.94. The molecule has 1 aliphatic heterocycles. The zero-order chi connectivity index (χ0) is 14.4. The predicted molar refractivity (Wildman–Crippen MR) is 62.2 cm³/mol. The Morgan fingerprint density at radius 2 is 2.05 bits per heavy atom. The number of carbonyl (C=O) groups is 4. The van der Waals surface area contributed by atoms with Crippen LogP contribution in [0.2, 0.25) is 0 Å². The summed E-state index contributed by atoms with van der Waals surface area (Å²) in [5.74, 6) is -3.02. The van der Waals surface area contributed by atoms with Gasteiger partial charge in [0.2, 0.25) is 11.8 Å². The average molecular weight is 272 g/mol. The molecular formula is C11H16N2O6. The minimum atomic E-state index is -1.22. The van der Waals surface area contributed by atoms with Crippen molar-refractivity contribution in [3.05, 3.63) is 0 Å². The zero-order valence-electron chi connectivity index (χ0n) is 10.2. The van der Waals surface area contributed by atoms with E-state index in [-0.39, 0.29) is 31.6 Å². The number of hydrogen-bond donors (Lipinski definition) is 4. The van der Waals surface area contributed by atoms with E-state index in [1.165, 1.54) is 0 Å². The fraction of sp³-hybridized carbons (Fsp3) is 0.636. The van der Waals surface area contributed by atoms with Crippen molar-refractivity contribution in [2.75, 3.05) is 0 Å². The first-order chi connectivity index (χ1) is 8.90. The molecule has 0 bridgehead atoms. The summed E-state index contributed by atoms with van der Waals surface area (Å²) in [6.45, 7) is 0. The fourth-order valence-corrected chi connectivity index (χ4v) is 1.80. The Bertz CT molecular complexity index is 395. The molecule has 1 fully saturated rings. The number of hydrogen-bond acceptors (Lipinski definition) is 4. The molecule has 0 aliphatic carbocycles. The van der Waals surface area contributed by atoms with E-state index < -0.39 is 29.9 Å². The van der Waals surface area contributed by atoms with E-state index in [4.69, 9.17) is 10.2 Å². The molecule has 2 amide bonds. The summed E-state index contributed by atoms with van der Waals surface area (Å²) < 4.78 is 0. The highest BCUT2D eigenvalue weighted by atomic mass is 16.4. The first-order valence-corrected chi connectivity index (χ1v) is 5.94. The lowest BCUT2D eigenvalue weighted by Gasteiger charge is -2.17. The number of amides is 2. The average Bonchev–Trinajstić information content (AvgIpc) is 2.73. The Labute approximate surface area is 109 Å². The van der Waals surface area contributed by atoms with Gasteiger partial charge >= 0.3 is 11.9 Å². The maximum atomic E-state index is 11.7. The van der Waals surface area contributed by atoms with Crippen LogP contribution < -0.4 is 10.6 Å². The Morgan fingerprint density at radius 1 is 1.37 bits per heavy atom. The molecule has 0 aromatic heterocycles. The molecule has 1 heterocycles. The summed E-state index contributed by atoms with van der Waals surface area (Å²) in [7, 11) is 0. The molecule has 2 atom stereocenters.